The van der Waals surface area contributed by atoms with Crippen molar-refractivity contribution in [2.45, 2.75) is 50.6 Å². The molecule has 1 aromatic heterocycles. The molecule has 7 nitrogen and oxygen atoms in total. The van der Waals surface area contributed by atoms with Crippen molar-refractivity contribution in [3.63, 3.8) is 0 Å². The van der Waals surface area contributed by atoms with Crippen LogP contribution >= 0.6 is 11.3 Å². The standard InChI is InChI=1S/C33H39FN4O3S/c34-27-13-11-26(12-14-27)32(40)38-22-28(19-29(38)31(39)36-21-25-9-4-8-24(18-25)20-35)37(33(41)30-10-5-17-42-30)16-15-23-6-2-1-3-7-23/h1-3,5-7,10-14,17,24-25,28-29H,4,8-9,15-16,18-22,35H2,(H,36,39). The van der Waals surface area contributed by atoms with E-state index in [9.17, 15) is 18.8 Å². The maximum absolute atomic E-state index is 13.7. The number of nitrogens with one attached hydrogen (secondary N) is 1. The summed E-state index contributed by atoms with van der Waals surface area (Å²) in [6, 6.07) is 17.9. The summed E-state index contributed by atoms with van der Waals surface area (Å²) in [7, 11) is 0. The number of rotatable bonds is 10. The van der Waals surface area contributed by atoms with Gasteiger partial charge in [0.15, 0.2) is 0 Å². The summed E-state index contributed by atoms with van der Waals surface area (Å²) < 4.78 is 13.6. The molecular formula is C33H39FN4O3S. The summed E-state index contributed by atoms with van der Waals surface area (Å²) in [4.78, 5) is 45.2. The fraction of sp³-hybridized carbons (Fsp3) is 0.424. The molecule has 0 radical (unpaired) electrons. The number of hydrogen-bond donors (Lipinski definition) is 2. The number of carbonyl (C=O) groups excluding carboxylic acids is 3. The predicted molar refractivity (Wildman–Crippen MR) is 163 cm³/mol. The largest absolute Gasteiger partial charge is 0.354 e. The summed E-state index contributed by atoms with van der Waals surface area (Å²) in [5.41, 5.74) is 7.34. The molecule has 1 aliphatic carbocycles. The van der Waals surface area contributed by atoms with Crippen LogP contribution < -0.4 is 11.1 Å². The van der Waals surface area contributed by atoms with Crippen molar-refractivity contribution >= 4 is 29.1 Å². The highest BCUT2D eigenvalue weighted by molar-refractivity contribution is 7.12. The quantitative estimate of drug-likeness (QED) is 0.357. The van der Waals surface area contributed by atoms with Gasteiger partial charge in [0.1, 0.15) is 11.9 Å². The molecule has 4 unspecified atom stereocenters. The van der Waals surface area contributed by atoms with Gasteiger partial charge >= 0.3 is 0 Å². The Morgan fingerprint density at radius 3 is 2.45 bits per heavy atom. The molecule has 0 spiro atoms. The van der Waals surface area contributed by atoms with E-state index in [-0.39, 0.29) is 30.3 Å². The van der Waals surface area contributed by atoms with E-state index < -0.39 is 11.9 Å². The fourth-order valence-electron chi connectivity index (χ4n) is 6.32. The first-order valence-electron chi connectivity index (χ1n) is 14.9. The highest BCUT2D eigenvalue weighted by atomic mass is 32.1. The molecule has 4 atom stereocenters. The van der Waals surface area contributed by atoms with Crippen molar-refractivity contribution in [2.24, 2.45) is 17.6 Å². The number of nitrogens with two attached hydrogens (primary N) is 1. The van der Waals surface area contributed by atoms with Crippen LogP contribution in [-0.4, -0.2) is 65.8 Å². The van der Waals surface area contributed by atoms with Crippen molar-refractivity contribution in [3.8, 4) is 0 Å². The zero-order chi connectivity index (χ0) is 29.5. The van der Waals surface area contributed by atoms with E-state index in [0.29, 0.717) is 54.8 Å². The smallest absolute Gasteiger partial charge is 0.264 e. The number of benzene rings is 2. The molecule has 3 aromatic rings. The van der Waals surface area contributed by atoms with Gasteiger partial charge in [-0.3, -0.25) is 14.4 Å². The highest BCUT2D eigenvalue weighted by Gasteiger charge is 2.43. The van der Waals surface area contributed by atoms with Gasteiger partial charge in [-0.2, -0.15) is 0 Å². The summed E-state index contributed by atoms with van der Waals surface area (Å²) in [5.74, 6) is -0.250. The van der Waals surface area contributed by atoms with Crippen LogP contribution in [0.3, 0.4) is 0 Å². The van der Waals surface area contributed by atoms with E-state index in [1.165, 1.54) is 35.6 Å². The van der Waals surface area contributed by atoms with Gasteiger partial charge in [-0.05, 0) is 91.8 Å². The molecule has 3 amide bonds. The molecule has 5 rings (SSSR count). The molecule has 2 heterocycles. The van der Waals surface area contributed by atoms with Crippen LogP contribution in [-0.2, 0) is 11.2 Å². The SMILES string of the molecule is NCC1CCCC(CNC(=O)C2CC(N(CCc3ccccc3)C(=O)c3cccs3)CN2C(=O)c2ccc(F)cc2)C1. The number of halogens is 1. The third kappa shape index (κ3) is 7.25. The topological polar surface area (TPSA) is 95.7 Å². The molecule has 3 N–H and O–H groups in total. The molecule has 1 saturated carbocycles. The molecule has 1 aliphatic heterocycles. The van der Waals surface area contributed by atoms with Gasteiger partial charge in [-0.1, -0.05) is 42.8 Å². The Labute approximate surface area is 250 Å². The minimum absolute atomic E-state index is 0.101. The number of carbonyl (C=O) groups is 3. The van der Waals surface area contributed by atoms with Gasteiger partial charge in [0.05, 0.1) is 10.9 Å². The number of amides is 3. The maximum atomic E-state index is 13.7. The van der Waals surface area contributed by atoms with Gasteiger partial charge in [0.2, 0.25) is 5.91 Å². The molecule has 2 aliphatic rings. The third-order valence-corrected chi connectivity index (χ3v) is 9.50. The average Bonchev–Trinajstić information content (AvgIpc) is 3.72. The Hall–Kier alpha value is -3.56. The zero-order valence-electron chi connectivity index (χ0n) is 23.8. The van der Waals surface area contributed by atoms with Crippen molar-refractivity contribution in [2.75, 3.05) is 26.2 Å². The highest BCUT2D eigenvalue weighted by Crippen LogP contribution is 2.30. The Morgan fingerprint density at radius 1 is 0.976 bits per heavy atom. The van der Waals surface area contributed by atoms with Crippen molar-refractivity contribution in [1.82, 2.24) is 15.1 Å². The molecule has 9 heteroatoms. The Morgan fingerprint density at radius 2 is 1.74 bits per heavy atom. The molecule has 2 aromatic carbocycles. The lowest BCUT2D eigenvalue weighted by molar-refractivity contribution is -0.125. The molecular weight excluding hydrogens is 551 g/mol. The second-order valence-electron chi connectivity index (χ2n) is 11.5. The molecule has 222 valence electrons. The molecule has 1 saturated heterocycles. The lowest BCUT2D eigenvalue weighted by Crippen LogP contribution is -2.47. The van der Waals surface area contributed by atoms with Gasteiger partial charge < -0.3 is 20.9 Å². The number of likely N-dealkylation sites (tertiary alicyclic amines) is 1. The van der Waals surface area contributed by atoms with E-state index in [1.54, 1.807) is 4.90 Å². The number of hydrogen-bond acceptors (Lipinski definition) is 5. The number of nitrogens with zero attached hydrogens (tertiary/aromatic N) is 2. The minimum Gasteiger partial charge on any atom is -0.354 e. The van der Waals surface area contributed by atoms with Gasteiger partial charge in [-0.25, -0.2) is 4.39 Å². The summed E-state index contributed by atoms with van der Waals surface area (Å²) in [5, 5.41) is 5.00. The summed E-state index contributed by atoms with van der Waals surface area (Å²) in [6.45, 7) is 1.88. The van der Waals surface area contributed by atoms with Gasteiger partial charge in [0, 0.05) is 25.2 Å². The molecule has 2 fully saturated rings. The van der Waals surface area contributed by atoms with Crippen LogP contribution in [0.1, 0.15) is 57.7 Å². The molecule has 42 heavy (non-hydrogen) atoms. The summed E-state index contributed by atoms with van der Waals surface area (Å²) in [6.07, 6.45) is 5.25. The van der Waals surface area contributed by atoms with Crippen LogP contribution in [0.5, 0.6) is 0 Å². The molecule has 0 bridgehead atoms. The first kappa shape index (κ1) is 29.9. The first-order valence-corrected chi connectivity index (χ1v) is 15.7. The van der Waals surface area contributed by atoms with Crippen molar-refractivity contribution in [1.29, 1.82) is 0 Å². The van der Waals surface area contributed by atoms with Gasteiger partial charge in [0.25, 0.3) is 11.8 Å². The monoisotopic (exact) mass is 590 g/mol. The van der Waals surface area contributed by atoms with E-state index >= 15 is 0 Å². The Kier molecular flexibility index (Phi) is 10.0. The Balaban J connectivity index is 1.37. The zero-order valence-corrected chi connectivity index (χ0v) is 24.6. The maximum Gasteiger partial charge on any atom is 0.264 e. The van der Waals surface area contributed by atoms with E-state index in [1.807, 2.05) is 52.7 Å². The second-order valence-corrected chi connectivity index (χ2v) is 12.4. The van der Waals surface area contributed by atoms with Crippen LogP contribution in [0.25, 0.3) is 0 Å². The fourth-order valence-corrected chi connectivity index (χ4v) is 7.00. The number of thiophene rings is 1. The van der Waals surface area contributed by atoms with Crippen molar-refractivity contribution < 1.29 is 18.8 Å². The van der Waals surface area contributed by atoms with Crippen LogP contribution in [0.4, 0.5) is 4.39 Å². The van der Waals surface area contributed by atoms with Crippen molar-refractivity contribution in [3.05, 3.63) is 93.9 Å². The van der Waals surface area contributed by atoms with Crippen LogP contribution in [0, 0.1) is 17.7 Å². The first-order chi connectivity index (χ1) is 20.4. The van der Waals surface area contributed by atoms with Crippen LogP contribution in [0.15, 0.2) is 72.1 Å². The normalized spacial score (nSPS) is 22.1. The third-order valence-electron chi connectivity index (χ3n) is 8.64. The van der Waals surface area contributed by atoms with E-state index in [4.69, 9.17) is 5.73 Å². The minimum atomic E-state index is -0.739. The predicted octanol–water partition coefficient (Wildman–Crippen LogP) is 4.74. The second kappa shape index (κ2) is 14.1. The lowest BCUT2D eigenvalue weighted by Gasteiger charge is -2.29. The Bertz CT molecular complexity index is 1340. The lowest BCUT2D eigenvalue weighted by atomic mass is 9.81. The van der Waals surface area contributed by atoms with Crippen LogP contribution in [0.2, 0.25) is 0 Å². The average molecular weight is 591 g/mol. The summed E-state index contributed by atoms with van der Waals surface area (Å²) >= 11 is 1.38. The van der Waals surface area contributed by atoms with E-state index in [2.05, 4.69) is 5.32 Å². The van der Waals surface area contributed by atoms with E-state index in [0.717, 1.165) is 31.2 Å². The van der Waals surface area contributed by atoms with Gasteiger partial charge in [-0.15, -0.1) is 11.3 Å².